The zero-order valence-electron chi connectivity index (χ0n) is 13.6. The van der Waals surface area contributed by atoms with Gasteiger partial charge in [-0.25, -0.2) is 8.42 Å². The summed E-state index contributed by atoms with van der Waals surface area (Å²) >= 11 is 0. The smallest absolute Gasteiger partial charge is 0.244 e. The summed E-state index contributed by atoms with van der Waals surface area (Å²) in [4.78, 5) is 12.5. The SMILES string of the molecule is Cc1c(CS(C)(=O)=O)cccc1NC(=O)C1(N)CCCCC1.Cl. The lowest BCUT2D eigenvalue weighted by atomic mass is 9.82. The maximum absolute atomic E-state index is 12.5. The maximum Gasteiger partial charge on any atom is 0.244 e. The number of hydrogen-bond donors (Lipinski definition) is 2. The fourth-order valence-corrected chi connectivity index (χ4v) is 3.79. The third-order valence-corrected chi connectivity index (χ3v) is 5.15. The molecule has 7 heteroatoms. The molecule has 0 heterocycles. The normalized spacial score (nSPS) is 17.2. The molecular weight excluding hydrogens is 336 g/mol. The molecule has 1 aromatic rings. The van der Waals surface area contributed by atoms with Gasteiger partial charge in [-0.15, -0.1) is 12.4 Å². The molecule has 0 aromatic heterocycles. The molecule has 0 radical (unpaired) electrons. The van der Waals surface area contributed by atoms with Crippen LogP contribution < -0.4 is 11.1 Å². The van der Waals surface area contributed by atoms with E-state index in [1.807, 2.05) is 6.92 Å². The quantitative estimate of drug-likeness (QED) is 0.863. The van der Waals surface area contributed by atoms with Crippen LogP contribution in [0.4, 0.5) is 5.69 Å². The first kappa shape index (κ1) is 19.9. The number of nitrogens with two attached hydrogens (primary N) is 1. The molecule has 1 amide bonds. The van der Waals surface area contributed by atoms with Crippen LogP contribution in [-0.4, -0.2) is 26.1 Å². The Kier molecular flexibility index (Phi) is 6.62. The van der Waals surface area contributed by atoms with Crippen molar-refractivity contribution in [3.8, 4) is 0 Å². The number of anilines is 1. The molecule has 1 aliphatic rings. The van der Waals surface area contributed by atoms with E-state index in [-0.39, 0.29) is 24.1 Å². The van der Waals surface area contributed by atoms with Crippen LogP contribution >= 0.6 is 12.4 Å². The number of nitrogens with one attached hydrogen (secondary N) is 1. The Morgan fingerprint density at radius 2 is 1.87 bits per heavy atom. The number of benzene rings is 1. The Hall–Kier alpha value is -1.11. The summed E-state index contributed by atoms with van der Waals surface area (Å²) in [5.41, 5.74) is 7.55. The van der Waals surface area contributed by atoms with E-state index in [4.69, 9.17) is 5.73 Å². The van der Waals surface area contributed by atoms with Crippen molar-refractivity contribution in [2.75, 3.05) is 11.6 Å². The summed E-state index contributed by atoms with van der Waals surface area (Å²) in [6.07, 6.45) is 5.65. The van der Waals surface area contributed by atoms with Crippen molar-refractivity contribution in [3.63, 3.8) is 0 Å². The molecule has 0 spiro atoms. The molecule has 1 aliphatic carbocycles. The van der Waals surface area contributed by atoms with E-state index in [2.05, 4.69) is 5.32 Å². The Labute approximate surface area is 144 Å². The largest absolute Gasteiger partial charge is 0.324 e. The minimum absolute atomic E-state index is 0. The Morgan fingerprint density at radius 1 is 1.26 bits per heavy atom. The number of carbonyl (C=O) groups is 1. The number of hydrogen-bond acceptors (Lipinski definition) is 4. The van der Waals surface area contributed by atoms with Gasteiger partial charge in [0.1, 0.15) is 0 Å². The van der Waals surface area contributed by atoms with Crippen LogP contribution in [0.1, 0.15) is 43.2 Å². The Balaban J connectivity index is 0.00000264. The van der Waals surface area contributed by atoms with Crippen molar-refractivity contribution in [3.05, 3.63) is 29.3 Å². The highest BCUT2D eigenvalue weighted by atomic mass is 35.5. The van der Waals surface area contributed by atoms with Crippen LogP contribution in [0.3, 0.4) is 0 Å². The summed E-state index contributed by atoms with van der Waals surface area (Å²) < 4.78 is 23.0. The minimum Gasteiger partial charge on any atom is -0.324 e. The molecule has 0 bridgehead atoms. The van der Waals surface area contributed by atoms with Crippen LogP contribution in [0.5, 0.6) is 0 Å². The molecule has 2 rings (SSSR count). The van der Waals surface area contributed by atoms with Gasteiger partial charge < -0.3 is 11.1 Å². The molecule has 130 valence electrons. The predicted octanol–water partition coefficient (Wildman–Crippen LogP) is 2.56. The van der Waals surface area contributed by atoms with E-state index in [1.54, 1.807) is 18.2 Å². The molecule has 1 aromatic carbocycles. The average molecular weight is 361 g/mol. The van der Waals surface area contributed by atoms with Gasteiger partial charge in [-0.3, -0.25) is 4.79 Å². The van der Waals surface area contributed by atoms with Crippen molar-refractivity contribution in [1.29, 1.82) is 0 Å². The minimum atomic E-state index is -3.11. The van der Waals surface area contributed by atoms with Gasteiger partial charge in [0.05, 0.1) is 11.3 Å². The van der Waals surface area contributed by atoms with E-state index in [9.17, 15) is 13.2 Å². The van der Waals surface area contributed by atoms with Crippen LogP contribution in [0.25, 0.3) is 0 Å². The molecule has 1 fully saturated rings. The summed E-state index contributed by atoms with van der Waals surface area (Å²) in [5.74, 6) is -0.206. The standard InChI is InChI=1S/C16H24N2O3S.ClH/c1-12-13(11-22(2,20)21)7-6-8-14(12)18-15(19)16(17)9-4-3-5-10-16;/h6-8H,3-5,9-11,17H2,1-2H3,(H,18,19);1H. The number of sulfone groups is 1. The highest BCUT2D eigenvalue weighted by Gasteiger charge is 2.35. The molecule has 0 aliphatic heterocycles. The fourth-order valence-electron chi connectivity index (χ4n) is 2.91. The maximum atomic E-state index is 12.5. The number of carbonyl (C=O) groups excluding carboxylic acids is 1. The van der Waals surface area contributed by atoms with Gasteiger partial charge in [-0.1, -0.05) is 31.4 Å². The number of amides is 1. The van der Waals surface area contributed by atoms with Crippen LogP contribution in [0.2, 0.25) is 0 Å². The lowest BCUT2D eigenvalue weighted by Gasteiger charge is -2.32. The van der Waals surface area contributed by atoms with E-state index in [0.29, 0.717) is 24.1 Å². The molecule has 23 heavy (non-hydrogen) atoms. The van der Waals surface area contributed by atoms with E-state index >= 15 is 0 Å². The molecule has 0 unspecified atom stereocenters. The molecule has 1 saturated carbocycles. The number of rotatable bonds is 4. The van der Waals surface area contributed by atoms with E-state index in [1.165, 1.54) is 6.26 Å². The van der Waals surface area contributed by atoms with Gasteiger partial charge in [0.2, 0.25) is 5.91 Å². The van der Waals surface area contributed by atoms with E-state index < -0.39 is 15.4 Å². The first-order valence-corrected chi connectivity index (χ1v) is 9.64. The lowest BCUT2D eigenvalue weighted by Crippen LogP contribution is -2.52. The third kappa shape index (κ3) is 5.19. The van der Waals surface area contributed by atoms with Crippen LogP contribution in [-0.2, 0) is 20.4 Å². The second kappa shape index (κ2) is 7.64. The number of halogens is 1. The third-order valence-electron chi connectivity index (χ3n) is 4.31. The van der Waals surface area contributed by atoms with Gasteiger partial charge >= 0.3 is 0 Å². The highest BCUT2D eigenvalue weighted by Crippen LogP contribution is 2.28. The van der Waals surface area contributed by atoms with Crippen molar-refractivity contribution in [2.24, 2.45) is 5.73 Å². The molecular formula is C16H25ClN2O3S. The van der Waals surface area contributed by atoms with Gasteiger partial charge in [0.15, 0.2) is 9.84 Å². The lowest BCUT2D eigenvalue weighted by molar-refractivity contribution is -0.122. The summed E-state index contributed by atoms with van der Waals surface area (Å²) in [6, 6.07) is 5.31. The molecule has 0 saturated heterocycles. The van der Waals surface area contributed by atoms with Gasteiger partial charge in [-0.2, -0.15) is 0 Å². The van der Waals surface area contributed by atoms with Crippen molar-refractivity contribution in [1.82, 2.24) is 0 Å². The van der Waals surface area contributed by atoms with Gasteiger partial charge in [-0.05, 0) is 37.0 Å². The second-order valence-electron chi connectivity index (χ2n) is 6.33. The Bertz CT molecular complexity index is 668. The topological polar surface area (TPSA) is 89.3 Å². The predicted molar refractivity (Wildman–Crippen MR) is 95.6 cm³/mol. The fraction of sp³-hybridized carbons (Fsp3) is 0.562. The zero-order chi connectivity index (χ0) is 16.4. The van der Waals surface area contributed by atoms with E-state index in [0.717, 1.165) is 24.8 Å². The van der Waals surface area contributed by atoms with Crippen LogP contribution in [0.15, 0.2) is 18.2 Å². The first-order chi connectivity index (χ1) is 10.2. The molecule has 3 N–H and O–H groups in total. The average Bonchev–Trinajstić information content (AvgIpc) is 2.42. The summed E-state index contributed by atoms with van der Waals surface area (Å²) in [7, 11) is -3.11. The Morgan fingerprint density at radius 3 is 2.43 bits per heavy atom. The molecule has 5 nitrogen and oxygen atoms in total. The second-order valence-corrected chi connectivity index (χ2v) is 8.47. The monoisotopic (exact) mass is 360 g/mol. The van der Waals surface area contributed by atoms with Crippen LogP contribution in [0, 0.1) is 6.92 Å². The van der Waals surface area contributed by atoms with Crippen molar-refractivity contribution in [2.45, 2.75) is 50.3 Å². The van der Waals surface area contributed by atoms with Gasteiger partial charge in [0, 0.05) is 11.9 Å². The molecule has 0 atom stereocenters. The van der Waals surface area contributed by atoms with Gasteiger partial charge in [0.25, 0.3) is 0 Å². The first-order valence-electron chi connectivity index (χ1n) is 7.58. The summed E-state index contributed by atoms with van der Waals surface area (Å²) in [6.45, 7) is 1.82. The van der Waals surface area contributed by atoms with Crippen molar-refractivity contribution >= 4 is 33.8 Å². The zero-order valence-corrected chi connectivity index (χ0v) is 15.2. The van der Waals surface area contributed by atoms with Crippen molar-refractivity contribution < 1.29 is 13.2 Å². The summed E-state index contributed by atoms with van der Waals surface area (Å²) in [5, 5.41) is 2.89. The highest BCUT2D eigenvalue weighted by molar-refractivity contribution is 7.89.